The summed E-state index contributed by atoms with van der Waals surface area (Å²) in [5, 5.41) is 8.95. The molecule has 120 valence electrons. The third-order valence-corrected chi connectivity index (χ3v) is 3.74. The van der Waals surface area contributed by atoms with Crippen LogP contribution >= 0.6 is 0 Å². The molecule has 2 nitrogen and oxygen atoms in total. The van der Waals surface area contributed by atoms with Crippen LogP contribution < -0.4 is 0 Å². The zero-order chi connectivity index (χ0) is 15.7. The second-order valence-corrected chi connectivity index (χ2v) is 5.71. The van der Waals surface area contributed by atoms with Crippen LogP contribution in [0.15, 0.2) is 12.1 Å². The summed E-state index contributed by atoms with van der Waals surface area (Å²) in [5.74, 6) is -0.975. The van der Waals surface area contributed by atoms with Crippen molar-refractivity contribution in [1.82, 2.24) is 0 Å². The molecule has 4 heteroatoms. The van der Waals surface area contributed by atoms with E-state index < -0.39 is 5.97 Å². The molecule has 22 heavy (non-hydrogen) atoms. The van der Waals surface area contributed by atoms with Gasteiger partial charge in [-0.1, -0.05) is 51.7 Å². The molecule has 1 rings (SSSR count). The van der Waals surface area contributed by atoms with Gasteiger partial charge < -0.3 is 5.11 Å². The molecule has 0 saturated heterocycles. The van der Waals surface area contributed by atoms with E-state index in [9.17, 15) is 9.18 Å². The van der Waals surface area contributed by atoms with Crippen molar-refractivity contribution in [1.29, 1.82) is 0 Å². The van der Waals surface area contributed by atoms with E-state index in [0.717, 1.165) is 44.1 Å². The van der Waals surface area contributed by atoms with E-state index in [1.807, 2.05) is 0 Å². The third-order valence-electron chi connectivity index (χ3n) is 3.74. The van der Waals surface area contributed by atoms with Gasteiger partial charge in [0.15, 0.2) is 0 Å². The Bertz CT molecular complexity index is 429. The van der Waals surface area contributed by atoms with Crippen molar-refractivity contribution < 1.29 is 14.3 Å². The van der Waals surface area contributed by atoms with E-state index >= 15 is 0 Å². The van der Waals surface area contributed by atoms with Crippen LogP contribution in [0.4, 0.5) is 4.39 Å². The molecule has 1 aromatic rings. The van der Waals surface area contributed by atoms with Crippen LogP contribution in [0.5, 0.6) is 0 Å². The zero-order valence-electron chi connectivity index (χ0n) is 13.3. The number of carbonyl (C=O) groups is 1. The Hall–Kier alpha value is -0.380. The van der Waals surface area contributed by atoms with Crippen molar-refractivity contribution in [2.75, 3.05) is 0 Å². The van der Waals surface area contributed by atoms with Gasteiger partial charge in [-0.05, 0) is 42.4 Å². The number of benzene rings is 1. The summed E-state index contributed by atoms with van der Waals surface area (Å²) in [6.07, 6.45) is 7.64. The molecule has 1 aromatic carbocycles. The summed E-state index contributed by atoms with van der Waals surface area (Å²) < 4.78 is 14.5. The fourth-order valence-corrected chi connectivity index (χ4v) is 2.59. The monoisotopic (exact) mass is 318 g/mol. The van der Waals surface area contributed by atoms with Gasteiger partial charge in [-0.3, -0.25) is 4.79 Å². The molecule has 0 radical (unpaired) electrons. The fraction of sp³-hybridized carbons (Fsp3) is 0.611. The van der Waals surface area contributed by atoms with Gasteiger partial charge in [0.1, 0.15) is 5.82 Å². The van der Waals surface area contributed by atoms with Crippen LogP contribution in [-0.4, -0.2) is 40.6 Å². The molecule has 0 aromatic heterocycles. The van der Waals surface area contributed by atoms with Crippen molar-refractivity contribution in [3.63, 3.8) is 0 Å². The van der Waals surface area contributed by atoms with Crippen LogP contribution in [0.2, 0.25) is 0 Å². The van der Waals surface area contributed by atoms with Gasteiger partial charge >= 0.3 is 35.5 Å². The van der Waals surface area contributed by atoms with Crippen molar-refractivity contribution in [2.45, 2.75) is 71.6 Å². The number of unbranched alkanes of at least 4 members (excludes halogenated alkanes) is 4. The number of carboxylic acid groups (broad SMARTS) is 1. The van der Waals surface area contributed by atoms with Crippen molar-refractivity contribution in [3.8, 4) is 0 Å². The number of aliphatic carboxylic acids is 1. The molecule has 0 saturated carbocycles. The number of halogens is 1. The van der Waals surface area contributed by atoms with Crippen LogP contribution in [-0.2, 0) is 24.1 Å². The Balaban J connectivity index is 0.00000441. The SMILES string of the molecule is CCCCCc1cc(CC(=O)O)cc(CCCCC)c1F.[NaH]. The second kappa shape index (κ2) is 12.1. The predicted molar refractivity (Wildman–Crippen MR) is 91.3 cm³/mol. The average Bonchev–Trinajstić information content (AvgIpc) is 2.43. The van der Waals surface area contributed by atoms with Crippen molar-refractivity contribution >= 4 is 35.5 Å². The summed E-state index contributed by atoms with van der Waals surface area (Å²) in [5.41, 5.74) is 2.10. The summed E-state index contributed by atoms with van der Waals surface area (Å²) in [6.45, 7) is 4.24. The minimum absolute atomic E-state index is 0. The minimum atomic E-state index is -0.861. The molecular formula is C18H28FNaO2. The van der Waals surface area contributed by atoms with Crippen LogP contribution in [0, 0.1) is 5.82 Å². The number of aryl methyl sites for hydroxylation is 2. The van der Waals surface area contributed by atoms with Crippen molar-refractivity contribution in [3.05, 3.63) is 34.6 Å². The molecule has 0 aliphatic heterocycles. The Morgan fingerprint density at radius 1 is 1.00 bits per heavy atom. The molecule has 0 atom stereocenters. The standard InChI is InChI=1S/C18H27FO2.Na.H/c1-3-5-7-9-15-11-14(13-17(20)21)12-16(18(15)19)10-8-6-4-2;;/h11-12H,3-10,13H2,1-2H3,(H,20,21);;. The van der Waals surface area contributed by atoms with E-state index in [0.29, 0.717) is 24.0 Å². The Labute approximate surface area is 155 Å². The molecular weight excluding hydrogens is 290 g/mol. The first kappa shape index (κ1) is 21.6. The molecule has 0 heterocycles. The first-order valence-corrected chi connectivity index (χ1v) is 8.10. The van der Waals surface area contributed by atoms with Gasteiger partial charge in [0.25, 0.3) is 0 Å². The number of rotatable bonds is 10. The third kappa shape index (κ3) is 7.75. The molecule has 0 amide bonds. The summed E-state index contributed by atoms with van der Waals surface area (Å²) in [6, 6.07) is 3.48. The van der Waals surface area contributed by atoms with Gasteiger partial charge in [0.2, 0.25) is 0 Å². The first-order chi connectivity index (χ1) is 10.1. The molecule has 0 aliphatic rings. The normalized spacial score (nSPS) is 10.3. The fourth-order valence-electron chi connectivity index (χ4n) is 2.59. The summed E-state index contributed by atoms with van der Waals surface area (Å²) >= 11 is 0. The number of carboxylic acids is 1. The quantitative estimate of drug-likeness (QED) is 0.517. The topological polar surface area (TPSA) is 37.3 Å². The van der Waals surface area contributed by atoms with Gasteiger partial charge in [-0.15, -0.1) is 0 Å². The van der Waals surface area contributed by atoms with E-state index in [1.54, 1.807) is 12.1 Å². The zero-order valence-corrected chi connectivity index (χ0v) is 13.3. The van der Waals surface area contributed by atoms with Crippen LogP contribution in [0.3, 0.4) is 0 Å². The molecule has 0 bridgehead atoms. The van der Waals surface area contributed by atoms with Crippen LogP contribution in [0.25, 0.3) is 0 Å². The van der Waals surface area contributed by atoms with E-state index in [4.69, 9.17) is 5.11 Å². The molecule has 1 N–H and O–H groups in total. The summed E-state index contributed by atoms with van der Waals surface area (Å²) in [7, 11) is 0. The maximum absolute atomic E-state index is 14.5. The molecule has 0 spiro atoms. The Morgan fingerprint density at radius 2 is 1.45 bits per heavy atom. The van der Waals surface area contributed by atoms with Gasteiger partial charge in [0, 0.05) is 0 Å². The first-order valence-electron chi connectivity index (χ1n) is 8.10. The van der Waals surface area contributed by atoms with E-state index in [-0.39, 0.29) is 41.8 Å². The Kier molecular flexibility index (Phi) is 11.9. The predicted octanol–water partition coefficient (Wildman–Crippen LogP) is 4.27. The van der Waals surface area contributed by atoms with E-state index in [1.165, 1.54) is 0 Å². The second-order valence-electron chi connectivity index (χ2n) is 5.71. The molecule has 0 unspecified atom stereocenters. The van der Waals surface area contributed by atoms with Gasteiger partial charge in [-0.25, -0.2) is 4.39 Å². The Morgan fingerprint density at radius 3 is 1.82 bits per heavy atom. The molecule has 0 fully saturated rings. The average molecular weight is 318 g/mol. The van der Waals surface area contributed by atoms with Gasteiger partial charge in [0.05, 0.1) is 6.42 Å². The van der Waals surface area contributed by atoms with Crippen molar-refractivity contribution in [2.24, 2.45) is 0 Å². The van der Waals surface area contributed by atoms with Crippen LogP contribution in [0.1, 0.15) is 69.1 Å². The maximum atomic E-state index is 14.5. The van der Waals surface area contributed by atoms with Gasteiger partial charge in [-0.2, -0.15) is 0 Å². The molecule has 0 aliphatic carbocycles. The number of hydrogen-bond acceptors (Lipinski definition) is 1. The van der Waals surface area contributed by atoms with E-state index in [2.05, 4.69) is 13.8 Å². The number of hydrogen-bond donors (Lipinski definition) is 1. The summed E-state index contributed by atoms with van der Waals surface area (Å²) in [4.78, 5) is 10.9.